The van der Waals surface area contributed by atoms with E-state index in [2.05, 4.69) is 44.4 Å². The molecule has 4 N–H and O–H groups in total. The molecule has 0 unspecified atom stereocenters. The quantitative estimate of drug-likeness (QED) is 0.159. The number of amides is 2. The molecule has 2 aliphatic heterocycles. The lowest BCUT2D eigenvalue weighted by Gasteiger charge is -2.42. The summed E-state index contributed by atoms with van der Waals surface area (Å²) >= 11 is 1.60. The zero-order chi connectivity index (χ0) is 29.7. The summed E-state index contributed by atoms with van der Waals surface area (Å²) in [6, 6.07) is -1.11. The average molecular weight is 584 g/mol. The maximum absolute atomic E-state index is 13.0. The molecule has 0 radical (unpaired) electrons. The molecule has 3 rings (SSSR count). The van der Waals surface area contributed by atoms with Crippen molar-refractivity contribution < 1.29 is 33.3 Å². The van der Waals surface area contributed by atoms with Gasteiger partial charge in [0.1, 0.15) is 19.3 Å². The number of alkyl carbamates (subject to hydrolysis) is 1. The van der Waals surface area contributed by atoms with E-state index in [0.29, 0.717) is 6.42 Å². The summed E-state index contributed by atoms with van der Waals surface area (Å²) in [5.41, 5.74) is 6.60. The topological polar surface area (TPSA) is 145 Å². The number of carbonyl (C=O) groups is 3. The Morgan fingerprint density at radius 3 is 2.55 bits per heavy atom. The first-order valence-electron chi connectivity index (χ1n) is 14.4. The van der Waals surface area contributed by atoms with E-state index in [0.717, 1.165) is 31.6 Å². The third kappa shape index (κ3) is 8.36. The molecular formula is C29H49N3O7S. The van der Waals surface area contributed by atoms with Crippen molar-refractivity contribution in [2.24, 2.45) is 23.5 Å². The fourth-order valence-corrected chi connectivity index (χ4v) is 6.41. The zero-order valence-electron chi connectivity index (χ0n) is 25.1. The van der Waals surface area contributed by atoms with Crippen molar-refractivity contribution in [3.8, 4) is 0 Å². The maximum atomic E-state index is 13.0. The van der Waals surface area contributed by atoms with Crippen molar-refractivity contribution in [3.63, 3.8) is 0 Å². The third-order valence-electron chi connectivity index (χ3n) is 8.55. The van der Waals surface area contributed by atoms with E-state index in [-0.39, 0.29) is 60.2 Å². The molecule has 0 bridgehead atoms. The first-order chi connectivity index (χ1) is 18.8. The van der Waals surface area contributed by atoms with Gasteiger partial charge in [0.05, 0.1) is 36.0 Å². The molecule has 0 aromatic carbocycles. The van der Waals surface area contributed by atoms with Crippen LogP contribution in [0.1, 0.15) is 67.2 Å². The molecule has 11 heteroatoms. The summed E-state index contributed by atoms with van der Waals surface area (Å²) in [5.74, 6) is -0.0392. The number of rotatable bonds is 14. The predicted octanol–water partition coefficient (Wildman–Crippen LogP) is 3.17. The molecule has 10 nitrogen and oxygen atoms in total. The van der Waals surface area contributed by atoms with Crippen molar-refractivity contribution in [2.75, 3.05) is 31.8 Å². The second-order valence-corrected chi connectivity index (χ2v) is 13.2. The monoisotopic (exact) mass is 583 g/mol. The molecular weight excluding hydrogens is 534 g/mol. The van der Waals surface area contributed by atoms with Gasteiger partial charge in [-0.05, 0) is 64.4 Å². The van der Waals surface area contributed by atoms with Crippen LogP contribution in [0.2, 0.25) is 0 Å². The molecule has 3 fully saturated rings. The molecule has 1 spiro atoms. The lowest BCUT2D eigenvalue weighted by atomic mass is 9.64. The van der Waals surface area contributed by atoms with Crippen LogP contribution in [0.25, 0.3) is 0 Å². The highest BCUT2D eigenvalue weighted by Gasteiger charge is 2.70. The van der Waals surface area contributed by atoms with E-state index in [1.165, 1.54) is 5.57 Å². The van der Waals surface area contributed by atoms with Gasteiger partial charge >= 0.3 is 12.1 Å². The summed E-state index contributed by atoms with van der Waals surface area (Å²) in [6.45, 7) is 12.7. The van der Waals surface area contributed by atoms with E-state index in [1.54, 1.807) is 11.8 Å². The van der Waals surface area contributed by atoms with Crippen LogP contribution in [0, 0.1) is 17.8 Å². The Balaban J connectivity index is 1.49. The first kappa shape index (κ1) is 32.7. The summed E-state index contributed by atoms with van der Waals surface area (Å²) in [5, 5.41) is 5.38. The van der Waals surface area contributed by atoms with Gasteiger partial charge in [0, 0.05) is 11.8 Å². The number of hydrogen-bond acceptors (Lipinski definition) is 9. The average Bonchev–Trinajstić information content (AvgIpc) is 3.81. The van der Waals surface area contributed by atoms with Crippen LogP contribution >= 0.6 is 11.8 Å². The van der Waals surface area contributed by atoms with Crippen molar-refractivity contribution in [2.45, 2.75) is 103 Å². The number of nitrogens with one attached hydrogen (secondary N) is 2. The Hall–Kier alpha value is -1.82. The summed E-state index contributed by atoms with van der Waals surface area (Å²) < 4.78 is 23.5. The smallest absolute Gasteiger partial charge is 0.407 e. The van der Waals surface area contributed by atoms with Crippen molar-refractivity contribution in [1.29, 1.82) is 0 Å². The number of carbonyl (C=O) groups excluding carboxylic acids is 3. The van der Waals surface area contributed by atoms with E-state index in [4.69, 9.17) is 24.7 Å². The number of thioether (sulfide) groups is 1. The van der Waals surface area contributed by atoms with Gasteiger partial charge in [-0.1, -0.05) is 32.4 Å². The second-order valence-electron chi connectivity index (χ2n) is 12.3. The highest BCUT2D eigenvalue weighted by atomic mass is 32.2. The van der Waals surface area contributed by atoms with Gasteiger partial charge in [0.2, 0.25) is 5.91 Å². The van der Waals surface area contributed by atoms with Gasteiger partial charge in [0.25, 0.3) is 0 Å². The molecule has 0 aromatic heterocycles. The molecule has 8 atom stereocenters. The normalized spacial score (nSPS) is 32.1. The Morgan fingerprint density at radius 1 is 1.25 bits per heavy atom. The van der Waals surface area contributed by atoms with Gasteiger partial charge in [0.15, 0.2) is 0 Å². The molecule has 2 saturated heterocycles. The fraction of sp³-hybridized carbons (Fsp3) is 0.828. The predicted molar refractivity (Wildman–Crippen MR) is 155 cm³/mol. The van der Waals surface area contributed by atoms with E-state index in [1.807, 2.05) is 20.1 Å². The largest absolute Gasteiger partial charge is 0.462 e. The van der Waals surface area contributed by atoms with Gasteiger partial charge in [-0.25, -0.2) is 4.79 Å². The third-order valence-corrected chi connectivity index (χ3v) is 9.19. The fourth-order valence-electron chi connectivity index (χ4n) is 5.92. The van der Waals surface area contributed by atoms with Crippen LogP contribution in [-0.2, 0) is 28.5 Å². The lowest BCUT2D eigenvalue weighted by molar-refractivity contribution is -0.145. The van der Waals surface area contributed by atoms with Crippen LogP contribution in [0.15, 0.2) is 11.6 Å². The summed E-state index contributed by atoms with van der Waals surface area (Å²) in [4.78, 5) is 37.2. The number of nitrogens with two attached hydrogens (primary N) is 1. The number of epoxide rings is 2. The number of ether oxygens (including phenoxy) is 4. The molecule has 1 saturated carbocycles. The minimum Gasteiger partial charge on any atom is -0.462 e. The van der Waals surface area contributed by atoms with Crippen LogP contribution in [0.5, 0.6) is 0 Å². The number of allylic oxidation sites excluding steroid dienone is 1. The number of hydrogen-bond donors (Lipinski definition) is 3. The molecule has 0 aromatic rings. The first-order valence-corrected chi connectivity index (χ1v) is 15.8. The van der Waals surface area contributed by atoms with Crippen molar-refractivity contribution >= 4 is 29.7 Å². The lowest BCUT2D eigenvalue weighted by Crippen LogP contribution is -2.52. The second kappa shape index (κ2) is 13.9. The minimum absolute atomic E-state index is 0.0100. The Labute approximate surface area is 243 Å². The highest BCUT2D eigenvalue weighted by Crippen LogP contribution is 2.60. The van der Waals surface area contributed by atoms with Crippen molar-refractivity contribution in [3.05, 3.63) is 11.6 Å². The molecule has 3 aliphatic rings. The van der Waals surface area contributed by atoms with Gasteiger partial charge < -0.3 is 35.3 Å². The zero-order valence-corrected chi connectivity index (χ0v) is 25.9. The van der Waals surface area contributed by atoms with Gasteiger partial charge in [-0.2, -0.15) is 11.8 Å². The Kier molecular flexibility index (Phi) is 11.4. The van der Waals surface area contributed by atoms with Crippen LogP contribution in [0.4, 0.5) is 4.79 Å². The number of esters is 1. The SMILES string of the molecule is CSCC[C@H](N)C(=O)NCC(=O)OC[C@H](NC(=O)O[C@@H]1CC[C@]2(CO2)[C@@H]([C@@]2(C)O[C@@H]2CC=C(C)C)[C@@H]1C)C(C)C. The maximum Gasteiger partial charge on any atom is 0.407 e. The van der Waals surface area contributed by atoms with E-state index in [9.17, 15) is 14.4 Å². The molecule has 40 heavy (non-hydrogen) atoms. The Bertz CT molecular complexity index is 937. The molecule has 2 heterocycles. The summed E-state index contributed by atoms with van der Waals surface area (Å²) in [6.07, 6.45) is 6.42. The van der Waals surface area contributed by atoms with Gasteiger partial charge in [-0.3, -0.25) is 9.59 Å². The van der Waals surface area contributed by atoms with Crippen LogP contribution in [0.3, 0.4) is 0 Å². The van der Waals surface area contributed by atoms with E-state index < -0.39 is 24.1 Å². The van der Waals surface area contributed by atoms with E-state index >= 15 is 0 Å². The summed E-state index contributed by atoms with van der Waals surface area (Å²) in [7, 11) is 0. The minimum atomic E-state index is -0.666. The van der Waals surface area contributed by atoms with Crippen molar-refractivity contribution in [1.82, 2.24) is 10.6 Å². The van der Waals surface area contributed by atoms with Crippen LogP contribution < -0.4 is 16.4 Å². The molecule has 1 aliphatic carbocycles. The Morgan fingerprint density at radius 2 is 1.95 bits per heavy atom. The highest BCUT2D eigenvalue weighted by molar-refractivity contribution is 7.98. The molecule has 228 valence electrons. The standard InChI is InChI=1S/C29H49N3O7S/c1-17(2)8-9-23-28(6,39-23)25-19(5)22(10-12-29(25)16-37-29)38-27(35)32-21(18(3)4)15-36-24(33)14-31-26(34)20(30)11-13-40-7/h8,18-23,25H,9-16,30H2,1-7H3,(H,31,34)(H,32,35)/t19-,20+,21+,22-,23-,25-,28+,29+/m1/s1. The van der Waals surface area contributed by atoms with Crippen LogP contribution in [-0.4, -0.2) is 85.2 Å². The molecule has 2 amide bonds. The van der Waals surface area contributed by atoms with Gasteiger partial charge in [-0.15, -0.1) is 0 Å².